The van der Waals surface area contributed by atoms with Crippen LogP contribution in [-0.2, 0) is 6.42 Å². The average Bonchev–Trinajstić information content (AvgIpc) is 3.03. The van der Waals surface area contributed by atoms with Crippen molar-refractivity contribution in [2.75, 3.05) is 5.73 Å². The lowest BCUT2D eigenvalue weighted by Gasteiger charge is -2.02. The lowest BCUT2D eigenvalue weighted by Crippen LogP contribution is -1.92. The molecule has 0 aliphatic rings. The van der Waals surface area contributed by atoms with Gasteiger partial charge in [-0.3, -0.25) is 0 Å². The monoisotopic (exact) mass is 285 g/mol. The van der Waals surface area contributed by atoms with Crippen molar-refractivity contribution >= 4 is 16.3 Å². The highest BCUT2D eigenvalue weighted by atomic mass is 32.1. The van der Waals surface area contributed by atoms with Crippen LogP contribution in [0.4, 0.5) is 5.00 Å². The highest BCUT2D eigenvalue weighted by Crippen LogP contribution is 2.28. The fourth-order valence-corrected chi connectivity index (χ4v) is 2.69. The Hall–Kier alpha value is -2.14. The maximum atomic E-state index is 5.71. The first-order valence-corrected chi connectivity index (χ1v) is 7.18. The summed E-state index contributed by atoms with van der Waals surface area (Å²) in [6.07, 6.45) is 0.672. The van der Waals surface area contributed by atoms with Crippen LogP contribution in [0.5, 0.6) is 0 Å². The Bertz CT molecular complexity index is 745. The second-order valence-corrected chi connectivity index (χ2v) is 5.93. The summed E-state index contributed by atoms with van der Waals surface area (Å²) >= 11 is 1.45. The maximum Gasteiger partial charge on any atom is 0.268 e. The molecule has 4 nitrogen and oxygen atoms in total. The fourth-order valence-electron chi connectivity index (χ4n) is 1.99. The molecule has 0 atom stereocenters. The first-order chi connectivity index (χ1) is 9.61. The number of aromatic nitrogens is 2. The first kappa shape index (κ1) is 12.9. The SMILES string of the molecule is Cc1ccc(Cc2noc(-c3ccc(N)s3)n2)cc1C. The number of hydrogen-bond acceptors (Lipinski definition) is 5. The predicted molar refractivity (Wildman–Crippen MR) is 80.7 cm³/mol. The Labute approximate surface area is 121 Å². The van der Waals surface area contributed by atoms with E-state index in [4.69, 9.17) is 10.3 Å². The average molecular weight is 285 g/mol. The summed E-state index contributed by atoms with van der Waals surface area (Å²) in [4.78, 5) is 5.32. The Kier molecular flexibility index (Phi) is 3.28. The number of nitrogen functional groups attached to an aromatic ring is 1. The molecule has 2 aromatic heterocycles. The highest BCUT2D eigenvalue weighted by Gasteiger charge is 2.11. The van der Waals surface area contributed by atoms with Crippen molar-refractivity contribution in [1.29, 1.82) is 0 Å². The van der Waals surface area contributed by atoms with Gasteiger partial charge in [0.05, 0.1) is 9.88 Å². The molecule has 0 unspecified atom stereocenters. The molecule has 0 saturated carbocycles. The second-order valence-electron chi connectivity index (χ2n) is 4.81. The van der Waals surface area contributed by atoms with Crippen molar-refractivity contribution in [2.45, 2.75) is 20.3 Å². The van der Waals surface area contributed by atoms with Crippen LogP contribution in [-0.4, -0.2) is 10.1 Å². The van der Waals surface area contributed by atoms with Gasteiger partial charge in [0.2, 0.25) is 0 Å². The summed E-state index contributed by atoms with van der Waals surface area (Å²) in [5.41, 5.74) is 9.46. The van der Waals surface area contributed by atoms with Crippen LogP contribution in [0.25, 0.3) is 10.8 Å². The molecule has 3 aromatic rings. The van der Waals surface area contributed by atoms with E-state index in [-0.39, 0.29) is 0 Å². The largest absolute Gasteiger partial charge is 0.391 e. The van der Waals surface area contributed by atoms with Gasteiger partial charge in [-0.1, -0.05) is 23.4 Å². The molecule has 2 N–H and O–H groups in total. The van der Waals surface area contributed by atoms with E-state index >= 15 is 0 Å². The van der Waals surface area contributed by atoms with Gasteiger partial charge in [0.1, 0.15) is 0 Å². The summed E-state index contributed by atoms with van der Waals surface area (Å²) in [5, 5.41) is 4.77. The summed E-state index contributed by atoms with van der Waals surface area (Å²) in [6.45, 7) is 4.21. The number of aryl methyl sites for hydroxylation is 2. The maximum absolute atomic E-state index is 5.71. The van der Waals surface area contributed by atoms with Gasteiger partial charge in [-0.05, 0) is 42.7 Å². The molecular weight excluding hydrogens is 270 g/mol. The van der Waals surface area contributed by atoms with E-state index in [2.05, 4.69) is 42.2 Å². The fraction of sp³-hybridized carbons (Fsp3) is 0.200. The number of benzene rings is 1. The van der Waals surface area contributed by atoms with Crippen LogP contribution >= 0.6 is 11.3 Å². The normalized spacial score (nSPS) is 10.9. The van der Waals surface area contributed by atoms with Gasteiger partial charge in [-0.2, -0.15) is 4.98 Å². The van der Waals surface area contributed by atoms with Crippen LogP contribution in [0.3, 0.4) is 0 Å². The first-order valence-electron chi connectivity index (χ1n) is 6.36. The Balaban J connectivity index is 1.82. The molecule has 0 spiro atoms. The zero-order chi connectivity index (χ0) is 14.1. The van der Waals surface area contributed by atoms with Crippen LogP contribution in [0.2, 0.25) is 0 Å². The minimum absolute atomic E-state index is 0.533. The quantitative estimate of drug-likeness (QED) is 0.798. The van der Waals surface area contributed by atoms with Crippen molar-refractivity contribution in [3.8, 4) is 10.8 Å². The van der Waals surface area contributed by atoms with E-state index in [0.717, 1.165) is 9.88 Å². The number of nitrogens with zero attached hydrogens (tertiary/aromatic N) is 2. The van der Waals surface area contributed by atoms with Gasteiger partial charge in [-0.25, -0.2) is 0 Å². The van der Waals surface area contributed by atoms with Gasteiger partial charge < -0.3 is 10.3 Å². The highest BCUT2D eigenvalue weighted by molar-refractivity contribution is 7.19. The van der Waals surface area contributed by atoms with Crippen molar-refractivity contribution in [3.05, 3.63) is 52.8 Å². The molecule has 1 aromatic carbocycles. The standard InChI is InChI=1S/C15H15N3OS/c1-9-3-4-11(7-10(9)2)8-14-17-15(19-18-14)12-5-6-13(16)20-12/h3-7H,8,16H2,1-2H3. The molecule has 0 radical (unpaired) electrons. The van der Waals surface area contributed by atoms with Crippen molar-refractivity contribution in [3.63, 3.8) is 0 Å². The number of hydrogen-bond donors (Lipinski definition) is 1. The molecule has 2 heterocycles. The summed E-state index contributed by atoms with van der Waals surface area (Å²) < 4.78 is 5.28. The Morgan fingerprint density at radius 3 is 2.70 bits per heavy atom. The van der Waals surface area contributed by atoms with Gasteiger partial charge in [-0.15, -0.1) is 11.3 Å². The summed E-state index contributed by atoms with van der Waals surface area (Å²) in [6, 6.07) is 10.1. The van der Waals surface area contributed by atoms with Gasteiger partial charge in [0.25, 0.3) is 5.89 Å². The number of rotatable bonds is 3. The molecule has 0 aliphatic carbocycles. The van der Waals surface area contributed by atoms with E-state index in [1.807, 2.05) is 12.1 Å². The third-order valence-corrected chi connectivity index (χ3v) is 4.14. The number of nitrogens with two attached hydrogens (primary N) is 1. The molecule has 102 valence electrons. The molecular formula is C15H15N3OS. The van der Waals surface area contributed by atoms with Gasteiger partial charge in [0, 0.05) is 6.42 Å². The van der Waals surface area contributed by atoms with Crippen molar-refractivity contribution in [2.24, 2.45) is 0 Å². The molecule has 0 saturated heterocycles. The van der Waals surface area contributed by atoms with Crippen molar-refractivity contribution < 1.29 is 4.52 Å². The summed E-state index contributed by atoms with van der Waals surface area (Å²) in [5.74, 6) is 1.22. The third-order valence-electron chi connectivity index (χ3n) is 3.24. The number of anilines is 1. The van der Waals surface area contributed by atoms with Crippen LogP contribution in [0, 0.1) is 13.8 Å². The molecule has 0 amide bonds. The smallest absolute Gasteiger partial charge is 0.268 e. The molecule has 5 heteroatoms. The van der Waals surface area contributed by atoms with E-state index < -0.39 is 0 Å². The van der Waals surface area contributed by atoms with Gasteiger partial charge >= 0.3 is 0 Å². The van der Waals surface area contributed by atoms with E-state index in [1.54, 1.807) is 0 Å². The van der Waals surface area contributed by atoms with Gasteiger partial charge in [0.15, 0.2) is 5.82 Å². The minimum Gasteiger partial charge on any atom is -0.391 e. The lowest BCUT2D eigenvalue weighted by molar-refractivity contribution is 0.424. The summed E-state index contributed by atoms with van der Waals surface area (Å²) in [7, 11) is 0. The predicted octanol–water partition coefficient (Wildman–Crippen LogP) is 3.59. The molecule has 0 aliphatic heterocycles. The zero-order valence-corrected chi connectivity index (χ0v) is 12.2. The number of thiophene rings is 1. The Morgan fingerprint density at radius 1 is 1.15 bits per heavy atom. The van der Waals surface area contributed by atoms with E-state index in [0.29, 0.717) is 18.1 Å². The van der Waals surface area contributed by atoms with Crippen LogP contribution < -0.4 is 5.73 Å². The lowest BCUT2D eigenvalue weighted by atomic mass is 10.0. The molecule has 20 heavy (non-hydrogen) atoms. The van der Waals surface area contributed by atoms with Crippen LogP contribution in [0.15, 0.2) is 34.9 Å². The molecule has 3 rings (SSSR count). The third kappa shape index (κ3) is 2.58. The van der Waals surface area contributed by atoms with E-state index in [1.165, 1.54) is 28.0 Å². The molecule has 0 bridgehead atoms. The topological polar surface area (TPSA) is 64.9 Å². The minimum atomic E-state index is 0.533. The molecule has 0 fully saturated rings. The van der Waals surface area contributed by atoms with Crippen molar-refractivity contribution in [1.82, 2.24) is 10.1 Å². The van der Waals surface area contributed by atoms with E-state index in [9.17, 15) is 0 Å². The Morgan fingerprint density at radius 2 is 2.00 bits per heavy atom. The second kappa shape index (κ2) is 5.09. The zero-order valence-electron chi connectivity index (χ0n) is 11.4. The van der Waals surface area contributed by atoms with Crippen LogP contribution in [0.1, 0.15) is 22.5 Å².